The lowest BCUT2D eigenvalue weighted by Gasteiger charge is -2.07. The zero-order valence-electron chi connectivity index (χ0n) is 6.22. The van der Waals surface area contributed by atoms with E-state index in [1.54, 1.807) is 6.92 Å². The van der Waals surface area contributed by atoms with Crippen molar-refractivity contribution in [2.24, 2.45) is 0 Å². The first-order valence-electron chi connectivity index (χ1n) is 3.64. The molecule has 0 amide bonds. The number of carbonyl (C=O) groups excluding carboxylic acids is 1. The molecule has 0 bridgehead atoms. The van der Waals surface area contributed by atoms with E-state index in [2.05, 4.69) is 0 Å². The molecular weight excluding hydrogens is 128 g/mol. The van der Waals surface area contributed by atoms with Crippen LogP contribution in [0.1, 0.15) is 26.2 Å². The van der Waals surface area contributed by atoms with Gasteiger partial charge in [0, 0.05) is 5.57 Å². The van der Waals surface area contributed by atoms with E-state index in [-0.39, 0.29) is 5.97 Å². The molecule has 56 valence electrons. The van der Waals surface area contributed by atoms with Gasteiger partial charge in [-0.3, -0.25) is 0 Å². The van der Waals surface area contributed by atoms with Gasteiger partial charge < -0.3 is 4.74 Å². The maximum absolute atomic E-state index is 10.9. The van der Waals surface area contributed by atoms with Crippen LogP contribution in [0.25, 0.3) is 0 Å². The maximum atomic E-state index is 10.9. The van der Waals surface area contributed by atoms with Gasteiger partial charge in [-0.1, -0.05) is 6.08 Å². The highest BCUT2D eigenvalue weighted by atomic mass is 16.5. The van der Waals surface area contributed by atoms with Crippen molar-refractivity contribution in [1.82, 2.24) is 0 Å². The molecule has 2 nitrogen and oxygen atoms in total. The third kappa shape index (κ3) is 1.87. The first-order chi connectivity index (χ1) is 4.80. The van der Waals surface area contributed by atoms with Crippen molar-refractivity contribution >= 4 is 5.97 Å². The Hall–Kier alpha value is -0.790. The largest absolute Gasteiger partial charge is 0.462 e. The summed E-state index contributed by atoms with van der Waals surface area (Å²) in [6, 6.07) is 0. The maximum Gasteiger partial charge on any atom is 0.333 e. The Labute approximate surface area is 60.9 Å². The Morgan fingerprint density at radius 2 is 2.30 bits per heavy atom. The van der Waals surface area contributed by atoms with Crippen molar-refractivity contribution < 1.29 is 9.53 Å². The zero-order valence-corrected chi connectivity index (χ0v) is 6.22. The molecule has 1 heterocycles. The van der Waals surface area contributed by atoms with Gasteiger partial charge in [0.15, 0.2) is 0 Å². The van der Waals surface area contributed by atoms with E-state index in [9.17, 15) is 4.79 Å². The van der Waals surface area contributed by atoms with Crippen LogP contribution < -0.4 is 0 Å². The SMILES string of the molecule is C/C1=C/CCCCOC1=O. The van der Waals surface area contributed by atoms with Crippen LogP contribution in [0.5, 0.6) is 0 Å². The van der Waals surface area contributed by atoms with Crippen LogP contribution in [0.3, 0.4) is 0 Å². The normalized spacial score (nSPS) is 25.7. The number of allylic oxidation sites excluding steroid dienone is 1. The lowest BCUT2D eigenvalue weighted by Crippen LogP contribution is -2.08. The summed E-state index contributed by atoms with van der Waals surface area (Å²) in [7, 11) is 0. The van der Waals surface area contributed by atoms with Gasteiger partial charge in [0.2, 0.25) is 0 Å². The lowest BCUT2D eigenvalue weighted by atomic mass is 10.1. The summed E-state index contributed by atoms with van der Waals surface area (Å²) >= 11 is 0. The molecule has 0 unspecified atom stereocenters. The van der Waals surface area contributed by atoms with E-state index in [0.717, 1.165) is 24.8 Å². The monoisotopic (exact) mass is 140 g/mol. The van der Waals surface area contributed by atoms with Gasteiger partial charge in [0.25, 0.3) is 0 Å². The van der Waals surface area contributed by atoms with Gasteiger partial charge >= 0.3 is 5.97 Å². The Kier molecular flexibility index (Phi) is 2.49. The van der Waals surface area contributed by atoms with Crippen LogP contribution in [0.15, 0.2) is 11.6 Å². The number of esters is 1. The van der Waals surface area contributed by atoms with Crippen LogP contribution in [0.2, 0.25) is 0 Å². The van der Waals surface area contributed by atoms with Gasteiger partial charge in [-0.25, -0.2) is 4.79 Å². The molecule has 0 radical (unpaired) electrons. The summed E-state index contributed by atoms with van der Waals surface area (Å²) in [6.07, 6.45) is 5.09. The standard InChI is InChI=1S/C8H12O2/c1-7-5-3-2-4-6-10-8(7)9/h5H,2-4,6H2,1H3/b7-5-. The van der Waals surface area contributed by atoms with Gasteiger partial charge in [0.1, 0.15) is 0 Å². The highest BCUT2D eigenvalue weighted by Gasteiger charge is 2.06. The summed E-state index contributed by atoms with van der Waals surface area (Å²) in [5, 5.41) is 0. The summed E-state index contributed by atoms with van der Waals surface area (Å²) in [4.78, 5) is 10.9. The van der Waals surface area contributed by atoms with Crippen LogP contribution in [0, 0.1) is 0 Å². The molecule has 1 aliphatic rings. The van der Waals surface area contributed by atoms with Gasteiger partial charge in [0.05, 0.1) is 6.61 Å². The predicted molar refractivity (Wildman–Crippen MR) is 38.6 cm³/mol. The fourth-order valence-corrected chi connectivity index (χ4v) is 0.927. The van der Waals surface area contributed by atoms with Crippen molar-refractivity contribution in [2.45, 2.75) is 26.2 Å². The molecule has 1 rings (SSSR count). The number of rotatable bonds is 0. The second kappa shape index (κ2) is 3.40. The van der Waals surface area contributed by atoms with E-state index in [0.29, 0.717) is 6.61 Å². The molecule has 0 atom stereocenters. The number of carbonyl (C=O) groups is 1. The molecule has 0 aromatic carbocycles. The van der Waals surface area contributed by atoms with E-state index >= 15 is 0 Å². The summed E-state index contributed by atoms with van der Waals surface area (Å²) in [5.74, 6) is -0.153. The van der Waals surface area contributed by atoms with Crippen molar-refractivity contribution in [3.63, 3.8) is 0 Å². The Morgan fingerprint density at radius 3 is 3.10 bits per heavy atom. The van der Waals surface area contributed by atoms with E-state index in [4.69, 9.17) is 4.74 Å². The van der Waals surface area contributed by atoms with Crippen LogP contribution in [0.4, 0.5) is 0 Å². The minimum atomic E-state index is -0.153. The first kappa shape index (κ1) is 7.32. The van der Waals surface area contributed by atoms with Gasteiger partial charge in [-0.2, -0.15) is 0 Å². The molecule has 0 saturated heterocycles. The summed E-state index contributed by atoms with van der Waals surface area (Å²) < 4.78 is 4.89. The molecule has 0 N–H and O–H groups in total. The molecule has 0 saturated carbocycles. The van der Waals surface area contributed by atoms with E-state index in [1.165, 1.54) is 0 Å². The average Bonchev–Trinajstić information content (AvgIpc) is 1.92. The number of ether oxygens (including phenoxy) is 1. The fraction of sp³-hybridized carbons (Fsp3) is 0.625. The van der Waals surface area contributed by atoms with E-state index < -0.39 is 0 Å². The fourth-order valence-electron chi connectivity index (χ4n) is 0.927. The molecule has 0 spiro atoms. The van der Waals surface area contributed by atoms with Crippen molar-refractivity contribution in [1.29, 1.82) is 0 Å². The minimum Gasteiger partial charge on any atom is -0.462 e. The second-order valence-electron chi connectivity index (χ2n) is 2.52. The Balaban J connectivity index is 2.56. The van der Waals surface area contributed by atoms with Crippen LogP contribution >= 0.6 is 0 Å². The number of hydrogen-bond acceptors (Lipinski definition) is 2. The third-order valence-electron chi connectivity index (χ3n) is 1.60. The van der Waals surface area contributed by atoms with Crippen molar-refractivity contribution in [3.8, 4) is 0 Å². The second-order valence-corrected chi connectivity index (χ2v) is 2.52. The van der Waals surface area contributed by atoms with Crippen LogP contribution in [-0.4, -0.2) is 12.6 Å². The van der Waals surface area contributed by atoms with E-state index in [1.807, 2.05) is 6.08 Å². The molecule has 0 aromatic rings. The predicted octanol–water partition coefficient (Wildman–Crippen LogP) is 1.66. The zero-order chi connectivity index (χ0) is 7.40. The first-order valence-corrected chi connectivity index (χ1v) is 3.64. The molecule has 1 aliphatic heterocycles. The molecule has 0 fully saturated rings. The summed E-state index contributed by atoms with van der Waals surface area (Å²) in [6.45, 7) is 2.39. The quantitative estimate of drug-likeness (QED) is 0.478. The molecule has 0 aliphatic carbocycles. The topological polar surface area (TPSA) is 26.3 Å². The van der Waals surface area contributed by atoms with Crippen molar-refractivity contribution in [2.75, 3.05) is 6.61 Å². The smallest absolute Gasteiger partial charge is 0.333 e. The summed E-state index contributed by atoms with van der Waals surface area (Å²) in [5.41, 5.74) is 0.750. The lowest BCUT2D eigenvalue weighted by molar-refractivity contribution is -0.139. The average molecular weight is 140 g/mol. The van der Waals surface area contributed by atoms with Crippen LogP contribution in [-0.2, 0) is 9.53 Å². The molecule has 2 heteroatoms. The molecule has 10 heavy (non-hydrogen) atoms. The van der Waals surface area contributed by atoms with Gasteiger partial charge in [-0.05, 0) is 26.2 Å². The Morgan fingerprint density at radius 1 is 1.50 bits per heavy atom. The molecular formula is C8H12O2. The third-order valence-corrected chi connectivity index (χ3v) is 1.60. The highest BCUT2D eigenvalue weighted by molar-refractivity contribution is 5.87. The Bertz CT molecular complexity index is 159. The molecule has 0 aromatic heterocycles. The van der Waals surface area contributed by atoms with Gasteiger partial charge in [-0.15, -0.1) is 0 Å². The highest BCUT2D eigenvalue weighted by Crippen LogP contribution is 2.07. The number of cyclic esters (lactones) is 1. The minimum absolute atomic E-state index is 0.153. The number of hydrogen-bond donors (Lipinski definition) is 0. The van der Waals surface area contributed by atoms with Crippen molar-refractivity contribution in [3.05, 3.63) is 11.6 Å².